The van der Waals surface area contributed by atoms with E-state index in [4.69, 9.17) is 0 Å². The van der Waals surface area contributed by atoms with E-state index >= 15 is 0 Å². The van der Waals surface area contributed by atoms with Gasteiger partial charge in [-0.05, 0) is 43.0 Å². The summed E-state index contributed by atoms with van der Waals surface area (Å²) in [6, 6.07) is 12.3. The van der Waals surface area contributed by atoms with Crippen LogP contribution >= 0.6 is 0 Å². The smallest absolute Gasteiger partial charge is 0.270 e. The van der Waals surface area contributed by atoms with Crippen LogP contribution in [-0.2, 0) is 0 Å². The quantitative estimate of drug-likeness (QED) is 0.524. The van der Waals surface area contributed by atoms with E-state index in [2.05, 4.69) is 26.3 Å². The van der Waals surface area contributed by atoms with Crippen molar-refractivity contribution in [2.24, 2.45) is 5.92 Å². The van der Waals surface area contributed by atoms with Crippen molar-refractivity contribution in [2.45, 2.75) is 12.8 Å². The van der Waals surface area contributed by atoms with E-state index in [1.54, 1.807) is 12.1 Å². The average Bonchev–Trinajstić information content (AvgIpc) is 2.77. The number of non-ortho nitro benzene ring substituents is 1. The maximum atomic E-state index is 11.0. The van der Waals surface area contributed by atoms with Crippen molar-refractivity contribution >= 4 is 28.1 Å². The van der Waals surface area contributed by atoms with Gasteiger partial charge in [0.2, 0.25) is 0 Å². The van der Waals surface area contributed by atoms with E-state index in [9.17, 15) is 15.4 Å². The largest absolute Gasteiger partial charge is 0.371 e. The lowest BCUT2D eigenvalue weighted by atomic mass is 9.96. The third kappa shape index (κ3) is 4.09. The fourth-order valence-corrected chi connectivity index (χ4v) is 3.71. The van der Waals surface area contributed by atoms with Gasteiger partial charge in [-0.1, -0.05) is 0 Å². The molecule has 1 aromatic carbocycles. The number of hydrogen-bond donors (Lipinski definition) is 1. The Bertz CT molecular complexity index is 1070. The van der Waals surface area contributed by atoms with Gasteiger partial charge in [0.25, 0.3) is 5.69 Å². The molecule has 8 heteroatoms. The Morgan fingerprint density at radius 1 is 1.21 bits per heavy atom. The number of nitriles is 1. The number of nitro groups is 1. The number of rotatable bonds is 5. The zero-order chi connectivity index (χ0) is 20.2. The third-order valence-corrected chi connectivity index (χ3v) is 5.34. The van der Waals surface area contributed by atoms with Crippen molar-refractivity contribution in [2.75, 3.05) is 29.9 Å². The van der Waals surface area contributed by atoms with Crippen LogP contribution in [0.4, 0.5) is 17.2 Å². The highest BCUT2D eigenvalue weighted by atomic mass is 16.6. The Balaban J connectivity index is 1.42. The summed E-state index contributed by atoms with van der Waals surface area (Å²) < 4.78 is 0. The van der Waals surface area contributed by atoms with Crippen molar-refractivity contribution in [3.63, 3.8) is 0 Å². The molecule has 1 aliphatic heterocycles. The number of anilines is 2. The molecule has 0 saturated carbocycles. The Kier molecular flexibility index (Phi) is 5.20. The molecule has 0 amide bonds. The monoisotopic (exact) mass is 388 g/mol. The van der Waals surface area contributed by atoms with E-state index in [1.807, 2.05) is 24.5 Å². The van der Waals surface area contributed by atoms with Crippen LogP contribution in [0.1, 0.15) is 18.4 Å². The molecule has 3 aromatic rings. The Morgan fingerprint density at radius 3 is 2.66 bits per heavy atom. The molecule has 0 unspecified atom stereocenters. The molecule has 0 spiro atoms. The number of fused-ring (bicyclic) bond motifs is 1. The molecular weight excluding hydrogens is 368 g/mol. The lowest BCUT2D eigenvalue weighted by Gasteiger charge is -2.33. The van der Waals surface area contributed by atoms with Crippen molar-refractivity contribution in [1.82, 2.24) is 9.97 Å². The number of piperidine rings is 1. The minimum atomic E-state index is -0.467. The summed E-state index contributed by atoms with van der Waals surface area (Å²) in [5, 5.41) is 24.3. The zero-order valence-electron chi connectivity index (χ0n) is 15.8. The van der Waals surface area contributed by atoms with E-state index < -0.39 is 4.92 Å². The molecule has 1 saturated heterocycles. The van der Waals surface area contributed by atoms with E-state index in [1.165, 1.54) is 17.8 Å². The number of nitrogens with zero attached hydrogens (tertiary/aromatic N) is 5. The number of hydrogen-bond acceptors (Lipinski definition) is 7. The minimum Gasteiger partial charge on any atom is -0.371 e. The molecule has 1 N–H and O–H groups in total. The molecule has 0 radical (unpaired) electrons. The standard InChI is InChI=1S/C21H20N6O2/c22-13-16-11-21(25-20-2-1-18(27(28)29)12-19(16)20)24-14-15-5-9-26(10-6-15)17-3-7-23-8-4-17/h1-4,7-8,11-12,15H,5-6,9-10,14H2,(H,24,25). The first-order chi connectivity index (χ1) is 14.1. The normalized spacial score (nSPS) is 14.5. The van der Waals surface area contributed by atoms with Crippen molar-refractivity contribution in [3.8, 4) is 6.07 Å². The first-order valence-electron chi connectivity index (χ1n) is 9.52. The van der Waals surface area contributed by atoms with Gasteiger partial charge in [0.15, 0.2) is 0 Å². The SMILES string of the molecule is N#Cc1cc(NCC2CCN(c3ccncc3)CC2)nc2ccc([N+](=O)[O-])cc12. The van der Waals surface area contributed by atoms with Crippen LogP contribution in [0.15, 0.2) is 48.8 Å². The number of nitro benzene ring substituents is 1. The van der Waals surface area contributed by atoms with Crippen molar-refractivity contribution in [3.05, 3.63) is 64.5 Å². The average molecular weight is 388 g/mol. The van der Waals surface area contributed by atoms with Crippen LogP contribution in [0.5, 0.6) is 0 Å². The van der Waals surface area contributed by atoms with Gasteiger partial charge < -0.3 is 10.2 Å². The topological polar surface area (TPSA) is 108 Å². The lowest BCUT2D eigenvalue weighted by Crippen LogP contribution is -2.35. The molecule has 8 nitrogen and oxygen atoms in total. The number of benzene rings is 1. The maximum Gasteiger partial charge on any atom is 0.270 e. The van der Waals surface area contributed by atoms with E-state index in [-0.39, 0.29) is 5.69 Å². The molecule has 1 fully saturated rings. The number of aromatic nitrogens is 2. The molecule has 3 heterocycles. The van der Waals surface area contributed by atoms with Crippen molar-refractivity contribution < 1.29 is 4.92 Å². The predicted molar refractivity (Wildman–Crippen MR) is 111 cm³/mol. The second kappa shape index (κ2) is 8.10. The molecular formula is C21H20N6O2. The molecule has 0 atom stereocenters. The summed E-state index contributed by atoms with van der Waals surface area (Å²) in [6.07, 6.45) is 5.77. The van der Waals surface area contributed by atoms with Crippen molar-refractivity contribution in [1.29, 1.82) is 5.26 Å². The first kappa shape index (κ1) is 18.6. The molecule has 0 bridgehead atoms. The summed E-state index contributed by atoms with van der Waals surface area (Å²) >= 11 is 0. The fraction of sp³-hybridized carbons (Fsp3) is 0.286. The molecule has 1 aliphatic rings. The van der Waals surface area contributed by atoms with Gasteiger partial charge in [0.1, 0.15) is 5.82 Å². The molecule has 29 heavy (non-hydrogen) atoms. The van der Waals surface area contributed by atoms with Gasteiger partial charge in [-0.2, -0.15) is 5.26 Å². The van der Waals surface area contributed by atoms with Crippen LogP contribution in [-0.4, -0.2) is 34.5 Å². The molecule has 146 valence electrons. The second-order valence-electron chi connectivity index (χ2n) is 7.14. The Morgan fingerprint density at radius 2 is 1.97 bits per heavy atom. The number of pyridine rings is 2. The highest BCUT2D eigenvalue weighted by Crippen LogP contribution is 2.26. The van der Waals surface area contributed by atoms with Gasteiger partial charge in [-0.15, -0.1) is 0 Å². The van der Waals surface area contributed by atoms with Crippen LogP contribution in [0.25, 0.3) is 10.9 Å². The first-order valence-corrected chi connectivity index (χ1v) is 9.52. The second-order valence-corrected chi connectivity index (χ2v) is 7.14. The Hall–Kier alpha value is -3.73. The van der Waals surface area contributed by atoms with Crippen LogP contribution < -0.4 is 10.2 Å². The zero-order valence-corrected chi connectivity index (χ0v) is 15.8. The van der Waals surface area contributed by atoms with E-state index in [0.29, 0.717) is 28.2 Å². The maximum absolute atomic E-state index is 11.0. The van der Waals surface area contributed by atoms with Gasteiger partial charge in [0.05, 0.1) is 22.1 Å². The van der Waals surface area contributed by atoms with Crippen LogP contribution in [0, 0.1) is 27.4 Å². The summed E-state index contributed by atoms with van der Waals surface area (Å²) in [5.41, 5.74) is 2.12. The molecule has 4 rings (SSSR count). The van der Waals surface area contributed by atoms with Gasteiger partial charge in [-0.3, -0.25) is 15.1 Å². The number of nitrogens with one attached hydrogen (secondary N) is 1. The summed E-state index contributed by atoms with van der Waals surface area (Å²) in [6.45, 7) is 2.77. The minimum absolute atomic E-state index is 0.0440. The van der Waals surface area contributed by atoms with Gasteiger partial charge in [-0.25, -0.2) is 4.98 Å². The third-order valence-electron chi connectivity index (χ3n) is 5.34. The summed E-state index contributed by atoms with van der Waals surface area (Å²) in [4.78, 5) is 21.5. The van der Waals surface area contributed by atoms with Gasteiger partial charge >= 0.3 is 0 Å². The lowest BCUT2D eigenvalue weighted by molar-refractivity contribution is -0.384. The molecule has 0 aliphatic carbocycles. The summed E-state index contributed by atoms with van der Waals surface area (Å²) in [5.74, 6) is 1.15. The predicted octanol–water partition coefficient (Wildman–Crippen LogP) is 3.74. The van der Waals surface area contributed by atoms with E-state index in [0.717, 1.165) is 32.5 Å². The highest BCUT2D eigenvalue weighted by molar-refractivity contribution is 5.88. The fourth-order valence-electron chi connectivity index (χ4n) is 3.71. The molecule has 2 aromatic heterocycles. The highest BCUT2D eigenvalue weighted by Gasteiger charge is 2.20. The van der Waals surface area contributed by atoms with Crippen LogP contribution in [0.2, 0.25) is 0 Å². The van der Waals surface area contributed by atoms with Gasteiger partial charge in [0, 0.05) is 55.2 Å². The Labute approximate surface area is 168 Å². The van der Waals surface area contributed by atoms with Crippen LogP contribution in [0.3, 0.4) is 0 Å². The summed E-state index contributed by atoms with van der Waals surface area (Å²) in [7, 11) is 0.